The molecule has 0 aliphatic heterocycles. The van der Waals surface area contributed by atoms with E-state index in [9.17, 15) is 15.0 Å². The van der Waals surface area contributed by atoms with Crippen LogP contribution < -0.4 is 4.74 Å². The molecular formula is C22H21Cl2NO5. The average molecular weight is 450 g/mol. The van der Waals surface area contributed by atoms with Gasteiger partial charge in [-0.05, 0) is 35.9 Å². The van der Waals surface area contributed by atoms with Gasteiger partial charge in [0.2, 0.25) is 0 Å². The van der Waals surface area contributed by atoms with Crippen molar-refractivity contribution in [2.45, 2.75) is 31.5 Å². The molecule has 1 aliphatic rings. The molecule has 4 N–H and O–H groups in total. The van der Waals surface area contributed by atoms with E-state index in [4.69, 9.17) is 33.0 Å². The van der Waals surface area contributed by atoms with E-state index in [1.807, 2.05) is 13.8 Å². The summed E-state index contributed by atoms with van der Waals surface area (Å²) in [6, 6.07) is 8.53. The zero-order valence-electron chi connectivity index (χ0n) is 16.4. The van der Waals surface area contributed by atoms with Crippen molar-refractivity contribution in [2.75, 3.05) is 13.2 Å². The number of aromatic amines is 1. The first-order chi connectivity index (χ1) is 14.1. The quantitative estimate of drug-likeness (QED) is 0.477. The smallest absolute Gasteiger partial charge is 0.195 e. The van der Waals surface area contributed by atoms with Gasteiger partial charge in [0.05, 0.1) is 22.2 Å². The van der Waals surface area contributed by atoms with E-state index in [-0.39, 0.29) is 12.4 Å². The molecule has 0 saturated carbocycles. The maximum Gasteiger partial charge on any atom is 0.195 e. The van der Waals surface area contributed by atoms with Crippen LogP contribution in [0.2, 0.25) is 10.0 Å². The molecule has 1 aromatic heterocycles. The molecule has 158 valence electrons. The molecule has 0 fully saturated rings. The third kappa shape index (κ3) is 3.29. The zero-order valence-corrected chi connectivity index (χ0v) is 17.9. The number of nitrogens with one attached hydrogen (secondary N) is 1. The fraction of sp³-hybridized carbons (Fsp3) is 0.318. The fourth-order valence-corrected chi connectivity index (χ4v) is 4.23. The van der Waals surface area contributed by atoms with Gasteiger partial charge in [0.15, 0.2) is 5.78 Å². The molecule has 0 spiro atoms. The second kappa shape index (κ2) is 7.55. The first-order valence-corrected chi connectivity index (χ1v) is 10.2. The largest absolute Gasteiger partial charge is 0.491 e. The number of carbonyl (C=O) groups excluding carboxylic acids is 1. The van der Waals surface area contributed by atoms with Crippen LogP contribution in [0, 0.1) is 0 Å². The molecule has 0 radical (unpaired) electrons. The number of aromatic nitrogens is 1. The Morgan fingerprint density at radius 3 is 2.50 bits per heavy atom. The molecule has 2 unspecified atom stereocenters. The van der Waals surface area contributed by atoms with Crippen LogP contribution >= 0.6 is 23.2 Å². The van der Waals surface area contributed by atoms with E-state index < -0.39 is 24.2 Å². The highest BCUT2D eigenvalue weighted by Gasteiger charge is 2.40. The van der Waals surface area contributed by atoms with Crippen molar-refractivity contribution >= 4 is 39.9 Å². The maximum absolute atomic E-state index is 13.3. The fourth-order valence-electron chi connectivity index (χ4n) is 3.91. The summed E-state index contributed by atoms with van der Waals surface area (Å²) in [6.07, 6.45) is -2.51. The lowest BCUT2D eigenvalue weighted by Gasteiger charge is -2.32. The summed E-state index contributed by atoms with van der Waals surface area (Å²) < 4.78 is 5.59. The number of hydrogen-bond donors (Lipinski definition) is 4. The molecule has 3 aromatic rings. The lowest BCUT2D eigenvalue weighted by atomic mass is 9.71. The second-order valence-corrected chi connectivity index (χ2v) is 8.79. The van der Waals surface area contributed by atoms with Crippen molar-refractivity contribution in [1.29, 1.82) is 0 Å². The van der Waals surface area contributed by atoms with Gasteiger partial charge in [-0.2, -0.15) is 0 Å². The van der Waals surface area contributed by atoms with Gasteiger partial charge in [-0.25, -0.2) is 0 Å². The molecule has 0 saturated heterocycles. The Bertz CT molecular complexity index is 1150. The maximum atomic E-state index is 13.3. The molecule has 1 aliphatic carbocycles. The molecular weight excluding hydrogens is 429 g/mol. The second-order valence-electron chi connectivity index (χ2n) is 7.98. The van der Waals surface area contributed by atoms with Gasteiger partial charge in [0.1, 0.15) is 24.6 Å². The van der Waals surface area contributed by atoms with Crippen LogP contribution in [0.1, 0.15) is 41.0 Å². The van der Waals surface area contributed by atoms with Crippen molar-refractivity contribution < 1.29 is 24.9 Å². The third-order valence-corrected chi connectivity index (χ3v) is 6.37. The minimum atomic E-state index is -1.28. The Morgan fingerprint density at radius 1 is 1.10 bits per heavy atom. The Labute approximate surface area is 183 Å². The van der Waals surface area contributed by atoms with E-state index >= 15 is 0 Å². The number of rotatable bonds is 5. The molecule has 4 rings (SSSR count). The zero-order chi connectivity index (χ0) is 21.8. The Hall–Kier alpha value is -2.09. The van der Waals surface area contributed by atoms with Crippen LogP contribution in [-0.4, -0.2) is 51.5 Å². The number of hydrogen-bond acceptors (Lipinski definition) is 5. The number of H-pyrrole nitrogens is 1. The Morgan fingerprint density at radius 2 is 1.80 bits per heavy atom. The summed E-state index contributed by atoms with van der Waals surface area (Å²) in [7, 11) is 0. The van der Waals surface area contributed by atoms with Crippen LogP contribution in [0.5, 0.6) is 5.75 Å². The van der Waals surface area contributed by atoms with Crippen LogP contribution in [0.3, 0.4) is 0 Å². The van der Waals surface area contributed by atoms with Crippen molar-refractivity contribution in [3.05, 3.63) is 62.8 Å². The first-order valence-electron chi connectivity index (χ1n) is 9.45. The minimum absolute atomic E-state index is 0.119. The third-order valence-electron chi connectivity index (χ3n) is 5.65. The first kappa shape index (κ1) is 21.2. The van der Waals surface area contributed by atoms with Crippen LogP contribution in [-0.2, 0) is 5.41 Å². The summed E-state index contributed by atoms with van der Waals surface area (Å²) in [4.78, 5) is 16.7. The minimum Gasteiger partial charge on any atom is -0.491 e. The van der Waals surface area contributed by atoms with Gasteiger partial charge in [0.25, 0.3) is 0 Å². The average Bonchev–Trinajstić information content (AvgIpc) is 3.09. The lowest BCUT2D eigenvalue weighted by Crippen LogP contribution is -2.34. The number of halogens is 2. The Balaban J connectivity index is 1.76. The summed E-state index contributed by atoms with van der Waals surface area (Å²) >= 11 is 12.3. The van der Waals surface area contributed by atoms with Crippen molar-refractivity contribution in [3.63, 3.8) is 0 Å². The summed E-state index contributed by atoms with van der Waals surface area (Å²) in [6.45, 7) is 3.25. The van der Waals surface area contributed by atoms with E-state index in [1.54, 1.807) is 30.3 Å². The molecule has 30 heavy (non-hydrogen) atoms. The standard InChI is InChI=1S/C22H21Cl2NO5/c1-22(2)13-5-10(30-9-18(28)17(27)8-26)3-4-11(13)20(29)19-12-6-14(23)15(24)7-16(12)25-21(19)22/h3-7,17-18,25-28H,8-9H2,1-2H3. The number of fused-ring (bicyclic) bond motifs is 4. The number of aliphatic hydroxyl groups excluding tert-OH is 3. The number of ether oxygens (including phenoxy) is 1. The van der Waals surface area contributed by atoms with Crippen LogP contribution in [0.4, 0.5) is 0 Å². The number of aliphatic hydroxyl groups is 3. The van der Waals surface area contributed by atoms with Gasteiger partial charge in [-0.1, -0.05) is 37.0 Å². The van der Waals surface area contributed by atoms with E-state index in [1.165, 1.54) is 0 Å². The normalized spacial score (nSPS) is 16.8. The van der Waals surface area contributed by atoms with E-state index in [0.717, 1.165) is 22.2 Å². The van der Waals surface area contributed by atoms with E-state index in [2.05, 4.69) is 4.98 Å². The number of benzene rings is 2. The predicted octanol–water partition coefficient (Wildman–Crippen LogP) is 3.44. The SMILES string of the molecule is CC1(C)c2cc(OCC(O)C(O)CO)ccc2C(=O)c2c1[nH]c1cc(Cl)c(Cl)cc21. The molecule has 2 atom stereocenters. The van der Waals surface area contributed by atoms with Crippen molar-refractivity contribution in [2.24, 2.45) is 0 Å². The van der Waals surface area contributed by atoms with Crippen molar-refractivity contribution in [3.8, 4) is 5.75 Å². The monoisotopic (exact) mass is 449 g/mol. The highest BCUT2D eigenvalue weighted by molar-refractivity contribution is 6.43. The van der Waals surface area contributed by atoms with Gasteiger partial charge in [-0.15, -0.1) is 0 Å². The van der Waals surface area contributed by atoms with E-state index in [0.29, 0.717) is 26.9 Å². The molecule has 6 nitrogen and oxygen atoms in total. The van der Waals surface area contributed by atoms with Gasteiger partial charge < -0.3 is 25.0 Å². The lowest BCUT2D eigenvalue weighted by molar-refractivity contribution is -0.0339. The van der Waals surface area contributed by atoms with Gasteiger partial charge in [-0.3, -0.25) is 4.79 Å². The molecule has 1 heterocycles. The predicted molar refractivity (Wildman–Crippen MR) is 115 cm³/mol. The Kier molecular flexibility index (Phi) is 5.33. The van der Waals surface area contributed by atoms with Crippen LogP contribution in [0.15, 0.2) is 30.3 Å². The topological polar surface area (TPSA) is 103 Å². The number of ketones is 1. The summed E-state index contributed by atoms with van der Waals surface area (Å²) in [5.41, 5.74) is 2.87. The molecule has 2 aromatic carbocycles. The van der Waals surface area contributed by atoms with Crippen LogP contribution in [0.25, 0.3) is 10.9 Å². The highest BCUT2D eigenvalue weighted by Crippen LogP contribution is 2.45. The molecule has 8 heteroatoms. The molecule has 0 bridgehead atoms. The van der Waals surface area contributed by atoms with Gasteiger partial charge >= 0.3 is 0 Å². The highest BCUT2D eigenvalue weighted by atomic mass is 35.5. The molecule has 0 amide bonds. The van der Waals surface area contributed by atoms with Gasteiger partial charge in [0, 0.05) is 27.6 Å². The summed E-state index contributed by atoms with van der Waals surface area (Å²) in [5.74, 6) is 0.329. The summed E-state index contributed by atoms with van der Waals surface area (Å²) in [5, 5.41) is 29.7. The number of carbonyl (C=O) groups is 1. The van der Waals surface area contributed by atoms with Crippen molar-refractivity contribution in [1.82, 2.24) is 4.98 Å².